The molecule has 21 heavy (non-hydrogen) atoms. The number of nitrogens with two attached hydrogens (primary N) is 1. The van der Waals surface area contributed by atoms with Crippen molar-refractivity contribution in [1.82, 2.24) is 9.62 Å². The lowest BCUT2D eigenvalue weighted by atomic mass is 9.94. The topological polar surface area (TPSA) is 92.5 Å². The number of carbonyl (C=O) groups is 1. The molecule has 2 heterocycles. The second-order valence-electron chi connectivity index (χ2n) is 5.67. The minimum absolute atomic E-state index is 0.214. The molecule has 2 aliphatic rings. The van der Waals surface area contributed by atoms with Crippen LogP contribution < -0.4 is 11.1 Å². The number of hydrogen-bond acceptors (Lipinski definition) is 4. The summed E-state index contributed by atoms with van der Waals surface area (Å²) in [6, 6.07) is 6.07. The predicted molar refractivity (Wildman–Crippen MR) is 78.2 cm³/mol. The Balaban J connectivity index is 1.82. The summed E-state index contributed by atoms with van der Waals surface area (Å²) in [5.74, 6) is -0.159. The van der Waals surface area contributed by atoms with E-state index in [1.54, 1.807) is 4.31 Å². The van der Waals surface area contributed by atoms with E-state index in [1.165, 1.54) is 24.3 Å². The SMILES string of the molecule is NC(=O)c1ccc(S(=O)(=O)N2CC3CCCNC3C2)cc1. The van der Waals surface area contributed by atoms with Crippen LogP contribution in [0.5, 0.6) is 0 Å². The van der Waals surface area contributed by atoms with Gasteiger partial charge in [0.2, 0.25) is 15.9 Å². The molecule has 2 unspecified atom stereocenters. The molecule has 2 saturated heterocycles. The second-order valence-corrected chi connectivity index (χ2v) is 7.61. The Morgan fingerprint density at radius 1 is 1.24 bits per heavy atom. The quantitative estimate of drug-likeness (QED) is 0.832. The van der Waals surface area contributed by atoms with Crippen molar-refractivity contribution in [3.63, 3.8) is 0 Å². The van der Waals surface area contributed by atoms with Crippen LogP contribution in [0.2, 0.25) is 0 Å². The molecule has 3 rings (SSSR count). The Labute approximate surface area is 124 Å². The average molecular weight is 309 g/mol. The summed E-state index contributed by atoms with van der Waals surface area (Å²) in [5, 5.41) is 3.39. The molecule has 1 amide bonds. The lowest BCUT2D eigenvalue weighted by Gasteiger charge is -2.24. The molecule has 0 aromatic heterocycles. The van der Waals surface area contributed by atoms with Crippen molar-refractivity contribution in [2.75, 3.05) is 19.6 Å². The van der Waals surface area contributed by atoms with Gasteiger partial charge in [0.1, 0.15) is 0 Å². The maximum absolute atomic E-state index is 12.6. The number of sulfonamides is 1. The fourth-order valence-electron chi connectivity index (χ4n) is 3.14. The van der Waals surface area contributed by atoms with E-state index in [4.69, 9.17) is 5.73 Å². The summed E-state index contributed by atoms with van der Waals surface area (Å²) in [6.07, 6.45) is 2.17. The first-order chi connectivity index (χ1) is 9.98. The molecule has 7 heteroatoms. The van der Waals surface area contributed by atoms with Crippen molar-refractivity contribution in [3.8, 4) is 0 Å². The van der Waals surface area contributed by atoms with Gasteiger partial charge in [-0.1, -0.05) is 0 Å². The van der Waals surface area contributed by atoms with Crippen LogP contribution in [-0.2, 0) is 10.0 Å². The van der Waals surface area contributed by atoms with Gasteiger partial charge in [0.25, 0.3) is 0 Å². The number of benzene rings is 1. The number of nitrogens with one attached hydrogen (secondary N) is 1. The number of hydrogen-bond donors (Lipinski definition) is 2. The summed E-state index contributed by atoms with van der Waals surface area (Å²) in [4.78, 5) is 11.3. The lowest BCUT2D eigenvalue weighted by molar-refractivity contribution is 0.1000. The predicted octanol–water partition coefficient (Wildman–Crippen LogP) is 0.158. The van der Waals surface area contributed by atoms with Crippen LogP contribution in [0, 0.1) is 5.92 Å². The van der Waals surface area contributed by atoms with Gasteiger partial charge < -0.3 is 11.1 Å². The summed E-state index contributed by atoms with van der Waals surface area (Å²) in [5.41, 5.74) is 5.48. The number of nitrogens with zero attached hydrogens (tertiary/aromatic N) is 1. The number of fused-ring (bicyclic) bond motifs is 1. The Kier molecular flexibility index (Phi) is 3.73. The first-order valence-electron chi connectivity index (χ1n) is 7.12. The van der Waals surface area contributed by atoms with Crippen LogP contribution in [0.1, 0.15) is 23.2 Å². The number of carbonyl (C=O) groups excluding carboxylic acids is 1. The van der Waals surface area contributed by atoms with Gasteiger partial charge in [-0.15, -0.1) is 0 Å². The number of piperidine rings is 1. The third-order valence-corrected chi connectivity index (χ3v) is 6.19. The first kappa shape index (κ1) is 14.5. The Hall–Kier alpha value is -1.44. The third-order valence-electron chi connectivity index (χ3n) is 4.34. The van der Waals surface area contributed by atoms with Crippen molar-refractivity contribution in [1.29, 1.82) is 0 Å². The normalized spacial score (nSPS) is 26.5. The van der Waals surface area contributed by atoms with E-state index in [0.717, 1.165) is 19.4 Å². The summed E-state index contributed by atoms with van der Waals surface area (Å²) >= 11 is 0. The monoisotopic (exact) mass is 309 g/mol. The molecule has 1 aromatic rings. The van der Waals surface area contributed by atoms with Crippen molar-refractivity contribution in [2.24, 2.45) is 11.7 Å². The second kappa shape index (κ2) is 5.40. The fraction of sp³-hybridized carbons (Fsp3) is 0.500. The number of rotatable bonds is 3. The maximum Gasteiger partial charge on any atom is 0.248 e. The van der Waals surface area contributed by atoms with Crippen LogP contribution >= 0.6 is 0 Å². The smallest absolute Gasteiger partial charge is 0.248 e. The van der Waals surface area contributed by atoms with E-state index in [9.17, 15) is 13.2 Å². The molecule has 0 radical (unpaired) electrons. The van der Waals surface area contributed by atoms with Crippen LogP contribution in [0.15, 0.2) is 29.2 Å². The van der Waals surface area contributed by atoms with Crippen LogP contribution in [0.25, 0.3) is 0 Å². The van der Waals surface area contributed by atoms with Gasteiger partial charge in [0, 0.05) is 24.7 Å². The van der Waals surface area contributed by atoms with Gasteiger partial charge in [-0.3, -0.25) is 4.79 Å². The minimum Gasteiger partial charge on any atom is -0.366 e. The van der Waals surface area contributed by atoms with E-state index in [2.05, 4.69) is 5.32 Å². The highest BCUT2D eigenvalue weighted by Crippen LogP contribution is 2.29. The van der Waals surface area contributed by atoms with Crippen molar-refractivity contribution in [2.45, 2.75) is 23.8 Å². The molecular weight excluding hydrogens is 290 g/mol. The number of amides is 1. The van der Waals surface area contributed by atoms with Crippen LogP contribution in [0.4, 0.5) is 0 Å². The molecule has 0 aliphatic carbocycles. The zero-order chi connectivity index (χ0) is 15.0. The zero-order valence-electron chi connectivity index (χ0n) is 11.7. The molecule has 114 valence electrons. The van der Waals surface area contributed by atoms with Gasteiger partial charge >= 0.3 is 0 Å². The molecule has 6 nitrogen and oxygen atoms in total. The summed E-state index contributed by atoms with van der Waals surface area (Å²) < 4.78 is 26.8. The van der Waals surface area contributed by atoms with E-state index >= 15 is 0 Å². The van der Waals surface area contributed by atoms with Crippen LogP contribution in [-0.4, -0.2) is 44.3 Å². The zero-order valence-corrected chi connectivity index (χ0v) is 12.5. The number of primary amides is 1. The van der Waals surface area contributed by atoms with Gasteiger partial charge in [-0.05, 0) is 49.6 Å². The Morgan fingerprint density at radius 2 is 1.95 bits per heavy atom. The average Bonchev–Trinajstić information content (AvgIpc) is 2.92. The maximum atomic E-state index is 12.6. The van der Waals surface area contributed by atoms with E-state index in [1.807, 2.05) is 0 Å². The van der Waals surface area contributed by atoms with Gasteiger partial charge in [-0.2, -0.15) is 4.31 Å². The van der Waals surface area contributed by atoms with Crippen molar-refractivity contribution >= 4 is 15.9 Å². The summed E-state index contributed by atoms with van der Waals surface area (Å²) in [6.45, 7) is 2.05. The highest BCUT2D eigenvalue weighted by Gasteiger charge is 2.40. The standard InChI is InChI=1S/C14H19N3O3S/c15-14(18)10-3-5-12(6-4-10)21(19,20)17-8-11-2-1-7-16-13(11)9-17/h3-6,11,13,16H,1-2,7-9H2,(H2,15,18). The highest BCUT2D eigenvalue weighted by atomic mass is 32.2. The van der Waals surface area contributed by atoms with E-state index < -0.39 is 15.9 Å². The van der Waals surface area contributed by atoms with Gasteiger partial charge in [0.15, 0.2) is 0 Å². The summed E-state index contributed by atoms with van der Waals surface area (Å²) in [7, 11) is -3.50. The molecule has 0 spiro atoms. The Bertz CT molecular complexity index is 628. The van der Waals surface area contributed by atoms with Gasteiger partial charge in [-0.25, -0.2) is 8.42 Å². The minimum atomic E-state index is -3.50. The molecule has 2 atom stereocenters. The van der Waals surface area contributed by atoms with Gasteiger partial charge in [0.05, 0.1) is 4.90 Å². The molecule has 1 aromatic carbocycles. The van der Waals surface area contributed by atoms with Crippen molar-refractivity contribution < 1.29 is 13.2 Å². The molecule has 2 aliphatic heterocycles. The van der Waals surface area contributed by atoms with Crippen molar-refractivity contribution in [3.05, 3.63) is 29.8 Å². The largest absolute Gasteiger partial charge is 0.366 e. The fourth-order valence-corrected chi connectivity index (χ4v) is 4.67. The molecule has 0 saturated carbocycles. The molecular formula is C14H19N3O3S. The lowest BCUT2D eigenvalue weighted by Crippen LogP contribution is -2.41. The highest BCUT2D eigenvalue weighted by molar-refractivity contribution is 7.89. The molecule has 0 bridgehead atoms. The first-order valence-corrected chi connectivity index (χ1v) is 8.56. The van der Waals surface area contributed by atoms with E-state index in [0.29, 0.717) is 24.6 Å². The Morgan fingerprint density at radius 3 is 2.57 bits per heavy atom. The molecule has 3 N–H and O–H groups in total. The van der Waals surface area contributed by atoms with E-state index in [-0.39, 0.29) is 10.9 Å². The molecule has 2 fully saturated rings. The third kappa shape index (κ3) is 2.68. The van der Waals surface area contributed by atoms with Crippen LogP contribution in [0.3, 0.4) is 0 Å².